The lowest BCUT2D eigenvalue weighted by molar-refractivity contribution is -0.214. The fourth-order valence-corrected chi connectivity index (χ4v) is 1.13. The van der Waals surface area contributed by atoms with E-state index in [9.17, 15) is 0 Å². The van der Waals surface area contributed by atoms with Gasteiger partial charge in [-0.15, -0.1) is 0 Å². The lowest BCUT2D eigenvalue weighted by Crippen LogP contribution is -2.08. The molecular weight excluding hydrogens is 130 g/mol. The van der Waals surface area contributed by atoms with Crippen molar-refractivity contribution in [3.63, 3.8) is 0 Å². The van der Waals surface area contributed by atoms with Crippen LogP contribution in [0, 0.1) is 0 Å². The van der Waals surface area contributed by atoms with Crippen LogP contribution in [0.2, 0.25) is 0 Å². The molecular formula is C7H9NO2. The molecule has 1 aliphatic rings. The predicted octanol–water partition coefficient (Wildman–Crippen LogP) is 0.892. The van der Waals surface area contributed by atoms with Gasteiger partial charge in [0.05, 0.1) is 12.8 Å². The molecule has 2 rings (SSSR count). The zero-order valence-electron chi connectivity index (χ0n) is 5.83. The van der Waals surface area contributed by atoms with E-state index in [1.54, 1.807) is 0 Å². The predicted molar refractivity (Wildman–Crippen MR) is 35.7 cm³/mol. The van der Waals surface area contributed by atoms with Crippen molar-refractivity contribution in [1.82, 2.24) is 4.57 Å². The van der Waals surface area contributed by atoms with E-state index in [0.29, 0.717) is 6.61 Å². The number of aryl methyl sites for hydroxylation is 1. The van der Waals surface area contributed by atoms with E-state index in [4.69, 9.17) is 9.78 Å². The fourth-order valence-electron chi connectivity index (χ4n) is 1.13. The molecule has 0 unspecified atom stereocenters. The Morgan fingerprint density at radius 2 is 2.40 bits per heavy atom. The molecule has 54 valence electrons. The van der Waals surface area contributed by atoms with Crippen molar-refractivity contribution in [2.24, 2.45) is 7.05 Å². The van der Waals surface area contributed by atoms with Gasteiger partial charge in [-0.2, -0.15) is 4.89 Å². The minimum absolute atomic E-state index is 0.664. The second-order valence-electron chi connectivity index (χ2n) is 2.47. The van der Waals surface area contributed by atoms with Crippen molar-refractivity contribution in [2.75, 3.05) is 6.61 Å². The zero-order valence-corrected chi connectivity index (χ0v) is 5.83. The van der Waals surface area contributed by atoms with Crippen LogP contribution < -0.4 is 4.89 Å². The van der Waals surface area contributed by atoms with E-state index in [0.717, 1.165) is 12.2 Å². The molecule has 1 aromatic rings. The third kappa shape index (κ3) is 0.789. The minimum Gasteiger partial charge on any atom is -0.353 e. The molecule has 2 heterocycles. The van der Waals surface area contributed by atoms with Crippen LogP contribution in [0.15, 0.2) is 12.4 Å². The van der Waals surface area contributed by atoms with Gasteiger partial charge in [-0.25, -0.2) is 0 Å². The normalized spacial score (nSPS) is 16.1. The highest BCUT2D eigenvalue weighted by molar-refractivity contribution is 5.31. The minimum atomic E-state index is 0.664. The number of aromatic nitrogens is 1. The first-order chi connectivity index (χ1) is 4.86. The average molecular weight is 139 g/mol. The van der Waals surface area contributed by atoms with Gasteiger partial charge in [-0.3, -0.25) is 0 Å². The molecule has 0 saturated carbocycles. The first-order valence-electron chi connectivity index (χ1n) is 3.30. The molecule has 0 spiro atoms. The average Bonchev–Trinajstić information content (AvgIpc) is 2.27. The Kier molecular flexibility index (Phi) is 1.17. The van der Waals surface area contributed by atoms with Crippen molar-refractivity contribution in [1.29, 1.82) is 0 Å². The molecule has 0 amide bonds. The standard InChI is InChI=1S/C7H9NO2/c1-8-4-6-2-3-9-10-7(6)5-8/h4-5H,2-3H2,1H3. The van der Waals surface area contributed by atoms with Gasteiger partial charge in [0.15, 0.2) is 5.75 Å². The van der Waals surface area contributed by atoms with Gasteiger partial charge in [-0.1, -0.05) is 0 Å². The highest BCUT2D eigenvalue weighted by atomic mass is 17.2. The molecule has 1 aromatic heterocycles. The van der Waals surface area contributed by atoms with Crippen LogP contribution in [0.1, 0.15) is 5.56 Å². The monoisotopic (exact) mass is 139 g/mol. The second-order valence-corrected chi connectivity index (χ2v) is 2.47. The van der Waals surface area contributed by atoms with E-state index < -0.39 is 0 Å². The van der Waals surface area contributed by atoms with E-state index in [1.165, 1.54) is 5.56 Å². The first kappa shape index (κ1) is 5.80. The molecule has 0 N–H and O–H groups in total. The summed E-state index contributed by atoms with van der Waals surface area (Å²) < 4.78 is 1.97. The molecule has 0 aliphatic carbocycles. The molecule has 0 saturated heterocycles. The number of hydrogen-bond acceptors (Lipinski definition) is 2. The van der Waals surface area contributed by atoms with Crippen LogP contribution in [0.25, 0.3) is 0 Å². The molecule has 0 atom stereocenters. The number of hydrogen-bond donors (Lipinski definition) is 0. The lowest BCUT2D eigenvalue weighted by atomic mass is 10.2. The number of rotatable bonds is 0. The number of fused-ring (bicyclic) bond motifs is 1. The van der Waals surface area contributed by atoms with Crippen molar-refractivity contribution in [2.45, 2.75) is 6.42 Å². The zero-order chi connectivity index (χ0) is 6.97. The summed E-state index contributed by atoms with van der Waals surface area (Å²) in [5.74, 6) is 0.855. The van der Waals surface area contributed by atoms with Crippen LogP contribution in [0.5, 0.6) is 5.75 Å². The Balaban J connectivity index is 2.41. The lowest BCUT2D eigenvalue weighted by Gasteiger charge is -2.09. The van der Waals surface area contributed by atoms with Gasteiger partial charge in [-0.05, 0) is 0 Å². The maximum absolute atomic E-state index is 4.92. The fraction of sp³-hybridized carbons (Fsp3) is 0.429. The summed E-state index contributed by atoms with van der Waals surface area (Å²) in [5, 5.41) is 0. The van der Waals surface area contributed by atoms with Gasteiger partial charge < -0.3 is 9.45 Å². The summed E-state index contributed by atoms with van der Waals surface area (Å²) in [6.07, 6.45) is 4.92. The Morgan fingerprint density at radius 1 is 1.50 bits per heavy atom. The summed E-state index contributed by atoms with van der Waals surface area (Å²) in [6.45, 7) is 0.664. The third-order valence-electron chi connectivity index (χ3n) is 1.60. The smallest absolute Gasteiger partial charge is 0.186 e. The number of nitrogens with zero attached hydrogens (tertiary/aromatic N) is 1. The Labute approximate surface area is 59.1 Å². The van der Waals surface area contributed by atoms with Gasteiger partial charge >= 0.3 is 0 Å². The Bertz CT molecular complexity index is 218. The van der Waals surface area contributed by atoms with Crippen molar-refractivity contribution in [3.05, 3.63) is 18.0 Å². The Morgan fingerprint density at radius 3 is 3.20 bits per heavy atom. The molecule has 10 heavy (non-hydrogen) atoms. The summed E-state index contributed by atoms with van der Waals surface area (Å²) >= 11 is 0. The first-order valence-corrected chi connectivity index (χ1v) is 3.30. The van der Waals surface area contributed by atoms with E-state index >= 15 is 0 Å². The van der Waals surface area contributed by atoms with E-state index in [-0.39, 0.29) is 0 Å². The maximum atomic E-state index is 4.92. The van der Waals surface area contributed by atoms with Gasteiger partial charge in [0.25, 0.3) is 0 Å². The van der Waals surface area contributed by atoms with Gasteiger partial charge in [0.1, 0.15) is 0 Å². The molecule has 0 fully saturated rings. The summed E-state index contributed by atoms with van der Waals surface area (Å²) in [7, 11) is 1.97. The maximum Gasteiger partial charge on any atom is 0.186 e. The quantitative estimate of drug-likeness (QED) is 0.498. The topological polar surface area (TPSA) is 23.4 Å². The third-order valence-corrected chi connectivity index (χ3v) is 1.60. The largest absolute Gasteiger partial charge is 0.353 e. The van der Waals surface area contributed by atoms with Crippen molar-refractivity contribution in [3.8, 4) is 5.75 Å². The van der Waals surface area contributed by atoms with Crippen LogP contribution in [0.4, 0.5) is 0 Å². The molecule has 0 bridgehead atoms. The summed E-state index contributed by atoms with van der Waals surface area (Å²) in [5.41, 5.74) is 1.23. The van der Waals surface area contributed by atoms with Crippen LogP contribution in [0.3, 0.4) is 0 Å². The second kappa shape index (κ2) is 2.02. The van der Waals surface area contributed by atoms with Crippen LogP contribution in [-0.2, 0) is 18.4 Å². The molecule has 0 aromatic carbocycles. The van der Waals surface area contributed by atoms with Gasteiger partial charge in [0.2, 0.25) is 0 Å². The van der Waals surface area contributed by atoms with Crippen LogP contribution in [-0.4, -0.2) is 11.2 Å². The highest BCUT2D eigenvalue weighted by Crippen LogP contribution is 2.23. The van der Waals surface area contributed by atoms with Crippen molar-refractivity contribution < 1.29 is 9.78 Å². The van der Waals surface area contributed by atoms with Gasteiger partial charge in [0, 0.05) is 25.2 Å². The molecule has 3 nitrogen and oxygen atoms in total. The molecule has 3 heteroatoms. The van der Waals surface area contributed by atoms with E-state index in [1.807, 2.05) is 17.8 Å². The SMILES string of the molecule is Cn1cc2c(c1)OOCC2. The molecule has 0 radical (unpaired) electrons. The Hall–Kier alpha value is -0.960. The summed E-state index contributed by atoms with van der Waals surface area (Å²) in [6, 6.07) is 0. The molecule has 1 aliphatic heterocycles. The van der Waals surface area contributed by atoms with Crippen LogP contribution >= 0.6 is 0 Å². The van der Waals surface area contributed by atoms with Crippen molar-refractivity contribution >= 4 is 0 Å². The highest BCUT2D eigenvalue weighted by Gasteiger charge is 2.12. The van der Waals surface area contributed by atoms with E-state index in [2.05, 4.69) is 6.20 Å². The summed E-state index contributed by atoms with van der Waals surface area (Å²) in [4.78, 5) is 9.72.